The molecule has 102 valence electrons. The minimum Gasteiger partial charge on any atom is -0.377 e. The predicted octanol–water partition coefficient (Wildman–Crippen LogP) is 2.71. The molecule has 1 atom stereocenters. The fourth-order valence-corrected chi connectivity index (χ4v) is 1.78. The molecule has 0 fully saturated rings. The van der Waals surface area contributed by atoms with Gasteiger partial charge in [0.15, 0.2) is 0 Å². The first-order chi connectivity index (χ1) is 8.41. The van der Waals surface area contributed by atoms with Crippen molar-refractivity contribution in [2.24, 2.45) is 5.73 Å². The van der Waals surface area contributed by atoms with Crippen molar-refractivity contribution < 1.29 is 9.13 Å². The highest BCUT2D eigenvalue weighted by atomic mass is 19.1. The zero-order valence-electron chi connectivity index (χ0n) is 11.6. The van der Waals surface area contributed by atoms with E-state index in [1.807, 2.05) is 32.7 Å². The molecule has 0 aliphatic carbocycles. The van der Waals surface area contributed by atoms with E-state index in [0.29, 0.717) is 6.61 Å². The number of anilines is 1. The van der Waals surface area contributed by atoms with Gasteiger partial charge in [-0.05, 0) is 44.5 Å². The minimum atomic E-state index is -0.252. The number of halogens is 1. The van der Waals surface area contributed by atoms with E-state index in [4.69, 9.17) is 10.5 Å². The minimum absolute atomic E-state index is 0.191. The number of ether oxygens (including phenoxy) is 1. The van der Waals surface area contributed by atoms with Crippen molar-refractivity contribution in [3.05, 3.63) is 29.6 Å². The largest absolute Gasteiger partial charge is 0.377 e. The molecule has 0 saturated heterocycles. The van der Waals surface area contributed by atoms with Gasteiger partial charge in [-0.25, -0.2) is 4.39 Å². The zero-order valence-corrected chi connectivity index (χ0v) is 11.6. The summed E-state index contributed by atoms with van der Waals surface area (Å²) in [6.45, 7) is 7.26. The van der Waals surface area contributed by atoms with Gasteiger partial charge >= 0.3 is 0 Å². The molecular formula is C14H23FN2O. The molecule has 0 aliphatic rings. The Hall–Kier alpha value is -1.13. The van der Waals surface area contributed by atoms with Crippen molar-refractivity contribution in [3.8, 4) is 0 Å². The summed E-state index contributed by atoms with van der Waals surface area (Å²) in [6.07, 6.45) is 0.222. The van der Waals surface area contributed by atoms with Crippen LogP contribution in [0.5, 0.6) is 0 Å². The zero-order chi connectivity index (χ0) is 13.7. The molecule has 3 nitrogen and oxygen atoms in total. The van der Waals surface area contributed by atoms with E-state index >= 15 is 0 Å². The molecule has 1 rings (SSSR count). The fraction of sp³-hybridized carbons (Fsp3) is 0.571. The summed E-state index contributed by atoms with van der Waals surface area (Å²) in [6, 6.07) is 4.54. The maximum absolute atomic E-state index is 13.2. The second kappa shape index (κ2) is 6.71. The van der Waals surface area contributed by atoms with Crippen LogP contribution in [0.3, 0.4) is 0 Å². The third kappa shape index (κ3) is 4.27. The fourth-order valence-electron chi connectivity index (χ4n) is 1.78. The van der Waals surface area contributed by atoms with Gasteiger partial charge in [0.25, 0.3) is 0 Å². The highest BCUT2D eigenvalue weighted by Crippen LogP contribution is 2.25. The van der Waals surface area contributed by atoms with Crippen LogP contribution in [0.2, 0.25) is 0 Å². The van der Waals surface area contributed by atoms with Crippen LogP contribution in [0.1, 0.15) is 32.4 Å². The van der Waals surface area contributed by atoms with Crippen LogP contribution < -0.4 is 10.6 Å². The summed E-state index contributed by atoms with van der Waals surface area (Å²) in [4.78, 5) is 2.04. The number of rotatable bonds is 6. The summed E-state index contributed by atoms with van der Waals surface area (Å²) in [5.74, 6) is -0.252. The van der Waals surface area contributed by atoms with Crippen molar-refractivity contribution >= 4 is 5.69 Å². The van der Waals surface area contributed by atoms with E-state index in [0.717, 1.165) is 17.8 Å². The Bertz CT molecular complexity index is 380. The molecule has 0 amide bonds. The average molecular weight is 254 g/mol. The van der Waals surface area contributed by atoms with E-state index < -0.39 is 0 Å². The molecule has 4 heteroatoms. The van der Waals surface area contributed by atoms with Crippen molar-refractivity contribution in [1.82, 2.24) is 0 Å². The maximum Gasteiger partial charge on any atom is 0.123 e. The van der Waals surface area contributed by atoms with Crippen LogP contribution in [0.15, 0.2) is 18.2 Å². The van der Waals surface area contributed by atoms with Crippen molar-refractivity contribution in [2.75, 3.05) is 25.1 Å². The first-order valence-corrected chi connectivity index (χ1v) is 6.29. The van der Waals surface area contributed by atoms with Crippen LogP contribution >= 0.6 is 0 Å². The molecule has 0 aromatic heterocycles. The van der Waals surface area contributed by atoms with Crippen LogP contribution in [0.4, 0.5) is 10.1 Å². The molecule has 0 aliphatic heterocycles. The quantitative estimate of drug-likeness (QED) is 0.848. The van der Waals surface area contributed by atoms with Gasteiger partial charge < -0.3 is 15.4 Å². The third-order valence-electron chi connectivity index (χ3n) is 2.77. The van der Waals surface area contributed by atoms with Crippen molar-refractivity contribution in [3.63, 3.8) is 0 Å². The number of hydrogen-bond acceptors (Lipinski definition) is 3. The highest BCUT2D eigenvalue weighted by molar-refractivity contribution is 5.54. The van der Waals surface area contributed by atoms with Crippen LogP contribution in [0, 0.1) is 5.82 Å². The second-order valence-corrected chi connectivity index (χ2v) is 4.83. The lowest BCUT2D eigenvalue weighted by Gasteiger charge is -2.24. The third-order valence-corrected chi connectivity index (χ3v) is 2.77. The van der Waals surface area contributed by atoms with Gasteiger partial charge in [-0.3, -0.25) is 0 Å². The smallest absolute Gasteiger partial charge is 0.123 e. The Kier molecular flexibility index (Phi) is 5.56. The maximum atomic E-state index is 13.2. The van der Waals surface area contributed by atoms with Crippen LogP contribution in [-0.2, 0) is 4.74 Å². The van der Waals surface area contributed by atoms with Crippen molar-refractivity contribution in [1.29, 1.82) is 0 Å². The predicted molar refractivity (Wildman–Crippen MR) is 73.4 cm³/mol. The Morgan fingerprint density at radius 1 is 1.33 bits per heavy atom. The van der Waals surface area contributed by atoms with Gasteiger partial charge in [-0.15, -0.1) is 0 Å². The first kappa shape index (κ1) is 14.9. The molecular weight excluding hydrogens is 231 g/mol. The Labute approximate surface area is 109 Å². The summed E-state index contributed by atoms with van der Waals surface area (Å²) < 4.78 is 18.7. The first-order valence-electron chi connectivity index (χ1n) is 6.29. The summed E-state index contributed by atoms with van der Waals surface area (Å²) >= 11 is 0. The molecule has 0 heterocycles. The van der Waals surface area contributed by atoms with Gasteiger partial charge in [0, 0.05) is 25.3 Å². The van der Waals surface area contributed by atoms with Gasteiger partial charge in [0.1, 0.15) is 5.82 Å². The number of hydrogen-bond donors (Lipinski definition) is 1. The molecule has 0 saturated carbocycles. The lowest BCUT2D eigenvalue weighted by Crippen LogP contribution is -2.26. The molecule has 1 aromatic carbocycles. The van der Waals surface area contributed by atoms with Gasteiger partial charge in [-0.1, -0.05) is 0 Å². The molecule has 0 spiro atoms. The SMILES string of the molecule is CC(C)OCCN(C)c1ccc(F)cc1C(C)N. The average Bonchev–Trinajstić information content (AvgIpc) is 2.28. The van der Waals surface area contributed by atoms with E-state index in [9.17, 15) is 4.39 Å². The molecule has 0 radical (unpaired) electrons. The van der Waals surface area contributed by atoms with E-state index in [-0.39, 0.29) is 18.0 Å². The monoisotopic (exact) mass is 254 g/mol. The van der Waals surface area contributed by atoms with E-state index in [2.05, 4.69) is 0 Å². The molecule has 1 unspecified atom stereocenters. The summed E-state index contributed by atoms with van der Waals surface area (Å²) in [5.41, 5.74) is 7.65. The number of benzene rings is 1. The van der Waals surface area contributed by atoms with Crippen LogP contribution in [-0.4, -0.2) is 26.3 Å². The summed E-state index contributed by atoms with van der Waals surface area (Å²) in [5, 5.41) is 0. The Morgan fingerprint density at radius 3 is 2.56 bits per heavy atom. The number of likely N-dealkylation sites (N-methyl/N-ethyl adjacent to an activating group) is 1. The lowest BCUT2D eigenvalue weighted by atomic mass is 10.1. The Morgan fingerprint density at radius 2 is 2.00 bits per heavy atom. The standard InChI is InChI=1S/C14H23FN2O/c1-10(2)18-8-7-17(4)14-6-5-12(15)9-13(14)11(3)16/h5-6,9-11H,7-8,16H2,1-4H3. The topological polar surface area (TPSA) is 38.5 Å². The van der Waals surface area contributed by atoms with Gasteiger partial charge in [0.2, 0.25) is 0 Å². The number of nitrogens with zero attached hydrogens (tertiary/aromatic N) is 1. The van der Waals surface area contributed by atoms with Crippen molar-refractivity contribution in [2.45, 2.75) is 32.9 Å². The molecule has 0 bridgehead atoms. The van der Waals surface area contributed by atoms with Crippen LogP contribution in [0.25, 0.3) is 0 Å². The molecule has 18 heavy (non-hydrogen) atoms. The van der Waals surface area contributed by atoms with E-state index in [1.54, 1.807) is 6.07 Å². The molecule has 2 N–H and O–H groups in total. The van der Waals surface area contributed by atoms with Gasteiger partial charge in [-0.2, -0.15) is 0 Å². The number of nitrogens with two attached hydrogens (primary N) is 1. The van der Waals surface area contributed by atoms with Gasteiger partial charge in [0.05, 0.1) is 12.7 Å². The summed E-state index contributed by atoms with van der Waals surface area (Å²) in [7, 11) is 1.96. The Balaban J connectivity index is 2.75. The second-order valence-electron chi connectivity index (χ2n) is 4.83. The highest BCUT2D eigenvalue weighted by Gasteiger charge is 2.12. The molecule has 1 aromatic rings. The normalized spacial score (nSPS) is 12.8. The van der Waals surface area contributed by atoms with E-state index in [1.165, 1.54) is 12.1 Å². The lowest BCUT2D eigenvalue weighted by molar-refractivity contribution is 0.0846.